The Morgan fingerprint density at radius 1 is 1.33 bits per heavy atom. The Morgan fingerprint density at radius 2 is 2.17 bits per heavy atom. The predicted octanol–water partition coefficient (Wildman–Crippen LogP) is 2.78. The number of benzene rings is 1. The van der Waals surface area contributed by atoms with E-state index in [2.05, 4.69) is 10.3 Å². The van der Waals surface area contributed by atoms with E-state index in [9.17, 15) is 4.39 Å². The van der Waals surface area contributed by atoms with Crippen molar-refractivity contribution in [1.82, 2.24) is 10.3 Å². The molecule has 0 amide bonds. The zero-order chi connectivity index (χ0) is 13.0. The zero-order valence-electron chi connectivity index (χ0n) is 10.1. The molecule has 1 atom stereocenters. The first-order valence-corrected chi connectivity index (χ1v) is 5.78. The van der Waals surface area contributed by atoms with Gasteiger partial charge in [-0.15, -0.1) is 0 Å². The van der Waals surface area contributed by atoms with Crippen molar-refractivity contribution in [3.8, 4) is 5.75 Å². The van der Waals surface area contributed by atoms with Crippen LogP contribution in [0, 0.1) is 5.82 Å². The second-order valence-corrected chi connectivity index (χ2v) is 4.14. The molecule has 0 spiro atoms. The van der Waals surface area contributed by atoms with Crippen LogP contribution < -0.4 is 5.32 Å². The lowest BCUT2D eigenvalue weighted by Crippen LogP contribution is -2.19. The van der Waals surface area contributed by atoms with Crippen LogP contribution >= 0.6 is 0 Å². The molecule has 2 rings (SSSR count). The van der Waals surface area contributed by atoms with Crippen LogP contribution in [0.2, 0.25) is 0 Å². The molecule has 0 radical (unpaired) electrons. The summed E-state index contributed by atoms with van der Waals surface area (Å²) in [6, 6.07) is 10.2. The molecule has 0 saturated heterocycles. The van der Waals surface area contributed by atoms with Crippen molar-refractivity contribution >= 4 is 0 Å². The highest BCUT2D eigenvalue weighted by molar-refractivity contribution is 5.28. The standard InChI is InChI=1S/C14H15FN2O/c1-10(13-4-2-3-7-16-13)17-9-11-5-6-14(18)12(15)8-11/h2-8,10,17-18H,9H2,1H3/t10-/m1/s1. The number of halogens is 1. The summed E-state index contributed by atoms with van der Waals surface area (Å²) in [5.41, 5.74) is 1.73. The van der Waals surface area contributed by atoms with Crippen LogP contribution in [0.1, 0.15) is 24.2 Å². The van der Waals surface area contributed by atoms with E-state index in [-0.39, 0.29) is 11.8 Å². The molecule has 2 aromatic rings. The first kappa shape index (κ1) is 12.5. The smallest absolute Gasteiger partial charge is 0.165 e. The third-order valence-corrected chi connectivity index (χ3v) is 2.76. The number of hydrogen-bond donors (Lipinski definition) is 2. The van der Waals surface area contributed by atoms with Gasteiger partial charge in [-0.2, -0.15) is 0 Å². The van der Waals surface area contributed by atoms with E-state index in [1.165, 1.54) is 12.1 Å². The summed E-state index contributed by atoms with van der Waals surface area (Å²) >= 11 is 0. The molecule has 3 nitrogen and oxygen atoms in total. The average molecular weight is 246 g/mol. The number of rotatable bonds is 4. The lowest BCUT2D eigenvalue weighted by Gasteiger charge is -2.13. The van der Waals surface area contributed by atoms with Gasteiger partial charge in [0.2, 0.25) is 0 Å². The number of aromatic nitrogens is 1. The van der Waals surface area contributed by atoms with Gasteiger partial charge in [0.1, 0.15) is 0 Å². The third-order valence-electron chi connectivity index (χ3n) is 2.76. The number of aromatic hydroxyl groups is 1. The highest BCUT2D eigenvalue weighted by Crippen LogP contribution is 2.17. The number of hydrogen-bond acceptors (Lipinski definition) is 3. The second kappa shape index (κ2) is 5.60. The molecule has 4 heteroatoms. The summed E-state index contributed by atoms with van der Waals surface area (Å²) in [6.07, 6.45) is 1.74. The summed E-state index contributed by atoms with van der Waals surface area (Å²) in [5, 5.41) is 12.3. The quantitative estimate of drug-likeness (QED) is 0.872. The van der Waals surface area contributed by atoms with Gasteiger partial charge < -0.3 is 10.4 Å². The van der Waals surface area contributed by atoms with E-state index in [0.717, 1.165) is 11.3 Å². The van der Waals surface area contributed by atoms with Gasteiger partial charge in [0, 0.05) is 18.8 Å². The van der Waals surface area contributed by atoms with E-state index >= 15 is 0 Å². The predicted molar refractivity (Wildman–Crippen MR) is 67.6 cm³/mol. The van der Waals surface area contributed by atoms with Crippen LogP contribution in [-0.4, -0.2) is 10.1 Å². The average Bonchev–Trinajstić information content (AvgIpc) is 2.41. The number of pyridine rings is 1. The van der Waals surface area contributed by atoms with Gasteiger partial charge in [0.25, 0.3) is 0 Å². The molecular weight excluding hydrogens is 231 g/mol. The maximum atomic E-state index is 13.1. The van der Waals surface area contributed by atoms with Gasteiger partial charge in [0.05, 0.1) is 5.69 Å². The zero-order valence-corrected chi connectivity index (χ0v) is 10.1. The van der Waals surface area contributed by atoms with Crippen molar-refractivity contribution < 1.29 is 9.50 Å². The van der Waals surface area contributed by atoms with Crippen LogP contribution in [0.5, 0.6) is 5.75 Å². The minimum atomic E-state index is -0.597. The molecule has 0 unspecified atom stereocenters. The largest absolute Gasteiger partial charge is 0.505 e. The molecule has 18 heavy (non-hydrogen) atoms. The molecule has 0 aliphatic carbocycles. The highest BCUT2D eigenvalue weighted by atomic mass is 19.1. The normalized spacial score (nSPS) is 12.3. The topological polar surface area (TPSA) is 45.1 Å². The van der Waals surface area contributed by atoms with Crippen molar-refractivity contribution in [2.24, 2.45) is 0 Å². The number of phenolic OH excluding ortho intramolecular Hbond substituents is 1. The fraction of sp³-hybridized carbons (Fsp3) is 0.214. The van der Waals surface area contributed by atoms with Gasteiger partial charge in [-0.3, -0.25) is 4.98 Å². The van der Waals surface area contributed by atoms with E-state index in [1.807, 2.05) is 25.1 Å². The van der Waals surface area contributed by atoms with Crippen LogP contribution in [0.25, 0.3) is 0 Å². The molecule has 0 aliphatic rings. The molecule has 0 aliphatic heterocycles. The molecule has 2 N–H and O–H groups in total. The van der Waals surface area contributed by atoms with E-state index in [1.54, 1.807) is 12.3 Å². The lowest BCUT2D eigenvalue weighted by atomic mass is 10.1. The lowest BCUT2D eigenvalue weighted by molar-refractivity contribution is 0.431. The first-order chi connectivity index (χ1) is 8.66. The number of nitrogens with one attached hydrogen (secondary N) is 1. The summed E-state index contributed by atoms with van der Waals surface area (Å²) in [6.45, 7) is 2.52. The molecule has 0 bridgehead atoms. The summed E-state index contributed by atoms with van der Waals surface area (Å²) in [7, 11) is 0. The maximum absolute atomic E-state index is 13.1. The van der Waals surface area contributed by atoms with Gasteiger partial charge in [-0.05, 0) is 36.8 Å². The summed E-state index contributed by atoms with van der Waals surface area (Å²) in [4.78, 5) is 4.25. The molecule has 1 heterocycles. The Bertz CT molecular complexity index is 516. The van der Waals surface area contributed by atoms with Crippen LogP contribution in [-0.2, 0) is 6.54 Å². The molecular formula is C14H15FN2O. The van der Waals surface area contributed by atoms with Crippen LogP contribution in [0.15, 0.2) is 42.6 Å². The van der Waals surface area contributed by atoms with Gasteiger partial charge >= 0.3 is 0 Å². The summed E-state index contributed by atoms with van der Waals surface area (Å²) < 4.78 is 13.1. The fourth-order valence-corrected chi connectivity index (χ4v) is 1.67. The molecule has 0 saturated carbocycles. The Balaban J connectivity index is 1.97. The first-order valence-electron chi connectivity index (χ1n) is 5.78. The third kappa shape index (κ3) is 3.05. The highest BCUT2D eigenvalue weighted by Gasteiger charge is 2.06. The monoisotopic (exact) mass is 246 g/mol. The minimum Gasteiger partial charge on any atom is -0.505 e. The van der Waals surface area contributed by atoms with E-state index < -0.39 is 5.82 Å². The molecule has 1 aromatic heterocycles. The SMILES string of the molecule is C[C@@H](NCc1ccc(O)c(F)c1)c1ccccn1. The summed E-state index contributed by atoms with van der Waals surface area (Å²) in [5.74, 6) is -0.920. The minimum absolute atomic E-state index is 0.0862. The number of nitrogens with zero attached hydrogens (tertiary/aromatic N) is 1. The number of phenols is 1. The van der Waals surface area contributed by atoms with Gasteiger partial charge in [-0.1, -0.05) is 12.1 Å². The van der Waals surface area contributed by atoms with Crippen molar-refractivity contribution in [3.05, 3.63) is 59.7 Å². The Kier molecular flexibility index (Phi) is 3.89. The Morgan fingerprint density at radius 3 is 2.83 bits per heavy atom. The van der Waals surface area contributed by atoms with Crippen molar-refractivity contribution in [2.45, 2.75) is 19.5 Å². The van der Waals surface area contributed by atoms with E-state index in [0.29, 0.717) is 6.54 Å². The fourth-order valence-electron chi connectivity index (χ4n) is 1.67. The van der Waals surface area contributed by atoms with Gasteiger partial charge in [-0.25, -0.2) is 4.39 Å². The Labute approximate surface area is 105 Å². The van der Waals surface area contributed by atoms with Crippen molar-refractivity contribution in [3.63, 3.8) is 0 Å². The van der Waals surface area contributed by atoms with Crippen molar-refractivity contribution in [1.29, 1.82) is 0 Å². The second-order valence-electron chi connectivity index (χ2n) is 4.14. The molecule has 1 aromatic carbocycles. The molecule has 94 valence electrons. The van der Waals surface area contributed by atoms with Crippen molar-refractivity contribution in [2.75, 3.05) is 0 Å². The van der Waals surface area contributed by atoms with Gasteiger partial charge in [0.15, 0.2) is 11.6 Å². The van der Waals surface area contributed by atoms with Crippen LogP contribution in [0.4, 0.5) is 4.39 Å². The van der Waals surface area contributed by atoms with E-state index in [4.69, 9.17) is 5.11 Å². The molecule has 0 fully saturated rings. The Hall–Kier alpha value is -1.94. The van der Waals surface area contributed by atoms with Crippen LogP contribution in [0.3, 0.4) is 0 Å². The maximum Gasteiger partial charge on any atom is 0.165 e.